The van der Waals surface area contributed by atoms with E-state index in [0.717, 1.165) is 41.2 Å². The van der Waals surface area contributed by atoms with Gasteiger partial charge in [-0.2, -0.15) is 0 Å². The molecule has 0 spiro atoms. The fourth-order valence-corrected chi connectivity index (χ4v) is 3.10. The number of aryl methyl sites for hydroxylation is 1. The van der Waals surface area contributed by atoms with E-state index >= 15 is 0 Å². The van der Waals surface area contributed by atoms with Crippen LogP contribution in [-0.2, 0) is 13.0 Å². The smallest absolute Gasteiger partial charge is 0.254 e. The van der Waals surface area contributed by atoms with Crippen molar-refractivity contribution in [3.8, 4) is 11.5 Å². The molecule has 4 rings (SSSR count). The summed E-state index contributed by atoms with van der Waals surface area (Å²) >= 11 is 0. The summed E-state index contributed by atoms with van der Waals surface area (Å²) < 4.78 is 10.9. The maximum atomic E-state index is 12.7. The molecule has 0 radical (unpaired) electrons. The average molecular weight is 295 g/mol. The molecule has 2 aromatic carbocycles. The lowest BCUT2D eigenvalue weighted by atomic mass is 9.97. The van der Waals surface area contributed by atoms with E-state index in [2.05, 4.69) is 0 Å². The molecule has 2 aliphatic heterocycles. The van der Waals surface area contributed by atoms with E-state index in [-0.39, 0.29) is 12.7 Å². The Balaban J connectivity index is 1.62. The Morgan fingerprint density at radius 1 is 1.09 bits per heavy atom. The molecule has 0 fully saturated rings. The monoisotopic (exact) mass is 295 g/mol. The third-order valence-corrected chi connectivity index (χ3v) is 4.37. The van der Waals surface area contributed by atoms with Crippen LogP contribution in [0.2, 0.25) is 0 Å². The second kappa shape index (κ2) is 5.05. The lowest BCUT2D eigenvalue weighted by Crippen LogP contribution is -2.36. The number of carbonyl (C=O) groups excluding carboxylic acids is 1. The molecule has 0 N–H and O–H groups in total. The Kier molecular flexibility index (Phi) is 3.03. The second-order valence-electron chi connectivity index (χ2n) is 5.77. The van der Waals surface area contributed by atoms with Crippen LogP contribution in [-0.4, -0.2) is 24.1 Å². The molecule has 1 amide bonds. The first-order chi connectivity index (χ1) is 10.7. The van der Waals surface area contributed by atoms with E-state index in [0.29, 0.717) is 6.54 Å². The van der Waals surface area contributed by atoms with Crippen LogP contribution in [0.1, 0.15) is 27.0 Å². The number of ether oxygens (including phenoxy) is 2. The first-order valence-electron chi connectivity index (χ1n) is 7.48. The van der Waals surface area contributed by atoms with Gasteiger partial charge in [0.05, 0.1) is 0 Å². The lowest BCUT2D eigenvalue weighted by Gasteiger charge is -2.29. The molecule has 112 valence electrons. The number of benzene rings is 2. The summed E-state index contributed by atoms with van der Waals surface area (Å²) in [5.41, 5.74) is 4.20. The van der Waals surface area contributed by atoms with Gasteiger partial charge in [0.25, 0.3) is 5.91 Å². The van der Waals surface area contributed by atoms with Crippen molar-refractivity contribution in [2.24, 2.45) is 0 Å². The van der Waals surface area contributed by atoms with Gasteiger partial charge in [0.2, 0.25) is 6.79 Å². The van der Waals surface area contributed by atoms with Gasteiger partial charge >= 0.3 is 0 Å². The highest BCUT2D eigenvalue weighted by atomic mass is 16.7. The van der Waals surface area contributed by atoms with E-state index in [9.17, 15) is 4.79 Å². The molecule has 2 aliphatic rings. The van der Waals surface area contributed by atoms with Gasteiger partial charge in [-0.15, -0.1) is 0 Å². The third-order valence-electron chi connectivity index (χ3n) is 4.37. The summed E-state index contributed by atoms with van der Waals surface area (Å²) in [7, 11) is 0. The minimum Gasteiger partial charge on any atom is -0.454 e. The van der Waals surface area contributed by atoms with Gasteiger partial charge in [-0.1, -0.05) is 18.2 Å². The Hall–Kier alpha value is -2.49. The SMILES string of the molecule is Cc1ccccc1C(=O)N1CCc2cc3c(cc2C1)OCO3. The minimum atomic E-state index is 0.0985. The highest BCUT2D eigenvalue weighted by Crippen LogP contribution is 2.36. The predicted molar refractivity (Wildman–Crippen MR) is 82.2 cm³/mol. The number of carbonyl (C=O) groups is 1. The largest absolute Gasteiger partial charge is 0.454 e. The molecule has 0 atom stereocenters. The predicted octanol–water partition coefficient (Wildman–Crippen LogP) is 2.92. The quantitative estimate of drug-likeness (QED) is 0.812. The van der Waals surface area contributed by atoms with Crippen LogP contribution in [0, 0.1) is 6.92 Å². The fourth-order valence-electron chi connectivity index (χ4n) is 3.10. The van der Waals surface area contributed by atoms with Crippen molar-refractivity contribution >= 4 is 5.91 Å². The highest BCUT2D eigenvalue weighted by molar-refractivity contribution is 5.95. The van der Waals surface area contributed by atoms with Crippen LogP contribution >= 0.6 is 0 Å². The standard InChI is InChI=1S/C18H17NO3/c1-12-4-2-3-5-15(12)18(20)19-7-6-13-8-16-17(22-11-21-16)9-14(13)10-19/h2-5,8-9H,6-7,10-11H2,1H3. The van der Waals surface area contributed by atoms with Gasteiger partial charge in [0.15, 0.2) is 11.5 Å². The van der Waals surface area contributed by atoms with Crippen molar-refractivity contribution < 1.29 is 14.3 Å². The van der Waals surface area contributed by atoms with Crippen LogP contribution in [0.15, 0.2) is 36.4 Å². The van der Waals surface area contributed by atoms with E-state index in [1.54, 1.807) is 0 Å². The minimum absolute atomic E-state index is 0.0985. The number of amides is 1. The molecule has 0 bridgehead atoms. The Morgan fingerprint density at radius 3 is 2.59 bits per heavy atom. The molecule has 0 saturated carbocycles. The summed E-state index contributed by atoms with van der Waals surface area (Å²) in [6.07, 6.45) is 0.851. The zero-order valence-corrected chi connectivity index (χ0v) is 12.5. The molecule has 4 heteroatoms. The van der Waals surface area contributed by atoms with Crippen molar-refractivity contribution in [1.29, 1.82) is 0 Å². The Bertz CT molecular complexity index is 754. The second-order valence-corrected chi connectivity index (χ2v) is 5.77. The molecule has 2 heterocycles. The average Bonchev–Trinajstić information content (AvgIpc) is 2.99. The molecular weight excluding hydrogens is 278 g/mol. The molecule has 4 nitrogen and oxygen atoms in total. The van der Waals surface area contributed by atoms with Crippen LogP contribution in [0.25, 0.3) is 0 Å². The maximum Gasteiger partial charge on any atom is 0.254 e. The van der Waals surface area contributed by atoms with E-state index in [4.69, 9.17) is 9.47 Å². The summed E-state index contributed by atoms with van der Waals surface area (Å²) in [6, 6.07) is 11.8. The van der Waals surface area contributed by atoms with Gasteiger partial charge in [0.1, 0.15) is 0 Å². The molecule has 0 aliphatic carbocycles. The van der Waals surface area contributed by atoms with E-state index in [1.165, 1.54) is 5.56 Å². The number of rotatable bonds is 1. The number of nitrogens with zero attached hydrogens (tertiary/aromatic N) is 1. The van der Waals surface area contributed by atoms with Crippen LogP contribution in [0.3, 0.4) is 0 Å². The Labute approximate surface area is 129 Å². The van der Waals surface area contributed by atoms with Crippen LogP contribution < -0.4 is 9.47 Å². The Morgan fingerprint density at radius 2 is 1.82 bits per heavy atom. The summed E-state index contributed by atoms with van der Waals surface area (Å²) in [5, 5.41) is 0. The molecule has 22 heavy (non-hydrogen) atoms. The molecule has 0 unspecified atom stereocenters. The molecule has 2 aromatic rings. The first-order valence-corrected chi connectivity index (χ1v) is 7.48. The fraction of sp³-hybridized carbons (Fsp3) is 0.278. The molecular formula is C18H17NO3. The van der Waals surface area contributed by atoms with Gasteiger partial charge in [-0.05, 0) is 48.2 Å². The maximum absolute atomic E-state index is 12.7. The highest BCUT2D eigenvalue weighted by Gasteiger charge is 2.25. The topological polar surface area (TPSA) is 38.8 Å². The van der Waals surface area contributed by atoms with Crippen LogP contribution in [0.5, 0.6) is 11.5 Å². The third kappa shape index (κ3) is 2.11. The zero-order valence-electron chi connectivity index (χ0n) is 12.5. The first kappa shape index (κ1) is 13.2. The van der Waals surface area contributed by atoms with Crippen molar-refractivity contribution in [3.63, 3.8) is 0 Å². The van der Waals surface area contributed by atoms with Crippen molar-refractivity contribution in [2.45, 2.75) is 19.9 Å². The number of hydrogen-bond acceptors (Lipinski definition) is 3. The molecule has 0 saturated heterocycles. The number of hydrogen-bond donors (Lipinski definition) is 0. The van der Waals surface area contributed by atoms with Crippen molar-refractivity contribution in [2.75, 3.05) is 13.3 Å². The lowest BCUT2D eigenvalue weighted by molar-refractivity contribution is 0.0734. The van der Waals surface area contributed by atoms with Gasteiger partial charge in [-0.25, -0.2) is 0 Å². The molecule has 0 aromatic heterocycles. The van der Waals surface area contributed by atoms with E-state index < -0.39 is 0 Å². The number of fused-ring (bicyclic) bond motifs is 2. The summed E-state index contributed by atoms with van der Waals surface area (Å²) in [4.78, 5) is 14.6. The zero-order chi connectivity index (χ0) is 15.1. The summed E-state index contributed by atoms with van der Waals surface area (Å²) in [6.45, 7) is 3.62. The van der Waals surface area contributed by atoms with Gasteiger partial charge < -0.3 is 14.4 Å². The van der Waals surface area contributed by atoms with Crippen LogP contribution in [0.4, 0.5) is 0 Å². The van der Waals surface area contributed by atoms with Crippen molar-refractivity contribution in [1.82, 2.24) is 4.90 Å². The van der Waals surface area contributed by atoms with Gasteiger partial charge in [-0.3, -0.25) is 4.79 Å². The van der Waals surface area contributed by atoms with E-state index in [1.807, 2.05) is 48.2 Å². The van der Waals surface area contributed by atoms with Crippen molar-refractivity contribution in [3.05, 3.63) is 58.7 Å². The van der Waals surface area contributed by atoms with Gasteiger partial charge in [0, 0.05) is 18.7 Å². The summed E-state index contributed by atoms with van der Waals surface area (Å²) in [5.74, 6) is 1.70. The normalized spacial score (nSPS) is 15.6.